The molecule has 1 aromatic carbocycles. The Morgan fingerprint density at radius 3 is 2.73 bits per heavy atom. The van der Waals surface area contributed by atoms with Crippen molar-refractivity contribution in [1.29, 1.82) is 0 Å². The highest BCUT2D eigenvalue weighted by Gasteiger charge is 2.43. The molecule has 0 radical (unpaired) electrons. The zero-order chi connectivity index (χ0) is 16.1. The third-order valence-corrected chi connectivity index (χ3v) is 7.18. The largest absolute Gasteiger partial charge is 0.492 e. The lowest BCUT2D eigenvalue weighted by Crippen LogP contribution is -2.46. The summed E-state index contributed by atoms with van der Waals surface area (Å²) in [6, 6.07) is 5.90. The lowest BCUT2D eigenvalue weighted by atomic mass is 9.87. The second-order valence-electron chi connectivity index (χ2n) is 5.66. The van der Waals surface area contributed by atoms with Crippen LogP contribution >= 0.6 is 32.9 Å². The van der Waals surface area contributed by atoms with Gasteiger partial charge in [-0.3, -0.25) is 9.69 Å². The molecule has 1 aliphatic rings. The Morgan fingerprint density at radius 2 is 2.09 bits per heavy atom. The van der Waals surface area contributed by atoms with E-state index in [4.69, 9.17) is 17.0 Å². The van der Waals surface area contributed by atoms with Crippen molar-refractivity contribution in [3.05, 3.63) is 26.9 Å². The molecule has 0 unspecified atom stereocenters. The van der Waals surface area contributed by atoms with Crippen molar-refractivity contribution in [2.45, 2.75) is 33.2 Å². The first-order valence-electron chi connectivity index (χ1n) is 7.10. The Balaban J connectivity index is 2.41. The number of fused-ring (bicyclic) bond motifs is 3. The van der Waals surface area contributed by atoms with Gasteiger partial charge in [-0.15, -0.1) is 0 Å². The Bertz CT molecular complexity index is 804. The molecule has 2 aromatic rings. The summed E-state index contributed by atoms with van der Waals surface area (Å²) in [7, 11) is 3.26. The third kappa shape index (κ3) is 2.13. The maximum atomic E-state index is 12.4. The smallest absolute Gasteiger partial charge is 0.224 e. The van der Waals surface area contributed by atoms with Crippen molar-refractivity contribution >= 4 is 44.5 Å². The average molecular weight is 352 g/mol. The zero-order valence-corrected chi connectivity index (χ0v) is 15.4. The number of carbonyl (C=O) groups excluding carboxylic acids is 1. The fraction of sp³-hybridized carbons (Fsp3) is 0.375. The maximum Gasteiger partial charge on any atom is 0.224 e. The van der Waals surface area contributed by atoms with E-state index in [2.05, 4.69) is 13.8 Å². The van der Waals surface area contributed by atoms with E-state index in [-0.39, 0.29) is 5.91 Å². The van der Waals surface area contributed by atoms with Crippen LogP contribution in [-0.4, -0.2) is 12.5 Å². The number of rotatable bonds is 2. The highest BCUT2D eigenvalue weighted by Crippen LogP contribution is 2.54. The van der Waals surface area contributed by atoms with Crippen molar-refractivity contribution in [3.63, 3.8) is 0 Å². The lowest BCUT2D eigenvalue weighted by molar-refractivity contribution is -0.117. The summed E-state index contributed by atoms with van der Waals surface area (Å²) in [6.07, 6.45) is 0. The first-order chi connectivity index (χ1) is 10.4. The van der Waals surface area contributed by atoms with Gasteiger partial charge in [0.15, 0.2) is 0 Å². The quantitative estimate of drug-likeness (QED) is 0.550. The number of carbonyl (C=O) groups is 1. The van der Waals surface area contributed by atoms with E-state index in [1.54, 1.807) is 27.6 Å². The van der Waals surface area contributed by atoms with Gasteiger partial charge in [0.05, 0.1) is 22.7 Å². The summed E-state index contributed by atoms with van der Waals surface area (Å²) in [4.78, 5) is 15.4. The summed E-state index contributed by atoms with van der Waals surface area (Å²) >= 11 is 5.55. The van der Waals surface area contributed by atoms with Crippen LogP contribution in [0, 0.1) is 3.82 Å². The maximum absolute atomic E-state index is 12.4. The van der Waals surface area contributed by atoms with Gasteiger partial charge in [0.2, 0.25) is 5.91 Å². The summed E-state index contributed by atoms with van der Waals surface area (Å²) in [6.45, 7) is 8.24. The van der Waals surface area contributed by atoms with Crippen LogP contribution in [0.5, 0.6) is 5.75 Å². The molecule has 3 rings (SSSR count). The predicted octanol–water partition coefficient (Wildman–Crippen LogP) is 5.21. The van der Waals surface area contributed by atoms with Gasteiger partial charge in [0.25, 0.3) is 0 Å². The first kappa shape index (κ1) is 15.6. The molecule has 116 valence electrons. The van der Waals surface area contributed by atoms with Crippen LogP contribution in [0.25, 0.3) is 11.1 Å². The van der Waals surface area contributed by atoms with Crippen molar-refractivity contribution in [3.8, 4) is 16.9 Å². The minimum absolute atomic E-state index is 0.00775. The monoisotopic (exact) mass is 351 g/mol. The fourth-order valence-corrected chi connectivity index (χ4v) is 6.34. The minimum atomic E-state index is -0.431. The molecule has 0 saturated heterocycles. The number of amides is 1. The minimum Gasteiger partial charge on any atom is -0.492 e. The molecule has 22 heavy (non-hydrogen) atoms. The van der Waals surface area contributed by atoms with Gasteiger partial charge < -0.3 is 4.74 Å². The number of anilines is 1. The van der Waals surface area contributed by atoms with Gasteiger partial charge >= 0.3 is 0 Å². The molecule has 0 spiro atoms. The lowest BCUT2D eigenvalue weighted by Gasteiger charge is -2.43. The number of nitrogens with zero attached hydrogens (tertiary/aromatic N) is 1. The molecule has 2 heterocycles. The molecule has 1 aromatic heterocycles. The number of ether oxygens (including phenoxy) is 1. The Labute approximate surface area is 142 Å². The van der Waals surface area contributed by atoms with Crippen LogP contribution in [0.1, 0.15) is 32.6 Å². The number of hydrogen-bond donors (Lipinski definition) is 0. The first-order valence-corrected chi connectivity index (χ1v) is 9.66. The van der Waals surface area contributed by atoms with E-state index in [0.29, 0.717) is 6.61 Å². The second-order valence-corrected chi connectivity index (χ2v) is 8.47. The van der Waals surface area contributed by atoms with E-state index in [9.17, 15) is 4.79 Å². The van der Waals surface area contributed by atoms with Crippen LogP contribution in [0.4, 0.5) is 5.69 Å². The van der Waals surface area contributed by atoms with Crippen LogP contribution in [0.2, 0.25) is 0 Å². The number of hydrogen-bond acceptors (Lipinski definition) is 5. The van der Waals surface area contributed by atoms with E-state index in [0.717, 1.165) is 31.3 Å². The van der Waals surface area contributed by atoms with Gasteiger partial charge in [-0.2, -0.15) is 0 Å². The van der Waals surface area contributed by atoms with Gasteiger partial charge in [0, 0.05) is 18.1 Å². The standard InChI is InChI=1S/C16H17NO2S3/c1-5-19-11-8-6-7-10-12-14(21-22-15(12)20)16(3,4)17(9(2)18)13(10)11/h6-8H,5H2,1-4H3. The normalized spacial score (nSPS) is 15.2. The highest BCUT2D eigenvalue weighted by molar-refractivity contribution is 7.80. The van der Waals surface area contributed by atoms with Crippen LogP contribution in [-0.2, 0) is 10.3 Å². The fourth-order valence-electron chi connectivity index (χ4n) is 3.05. The van der Waals surface area contributed by atoms with Crippen molar-refractivity contribution in [2.75, 3.05) is 11.5 Å². The molecule has 0 N–H and O–H groups in total. The molecule has 0 saturated carbocycles. The van der Waals surface area contributed by atoms with Gasteiger partial charge in [0.1, 0.15) is 9.57 Å². The van der Waals surface area contributed by atoms with Crippen molar-refractivity contribution in [2.24, 2.45) is 0 Å². The van der Waals surface area contributed by atoms with Crippen LogP contribution in [0.15, 0.2) is 18.2 Å². The van der Waals surface area contributed by atoms with Crippen LogP contribution in [0.3, 0.4) is 0 Å². The summed E-state index contributed by atoms with van der Waals surface area (Å²) in [5.41, 5.74) is 2.49. The SMILES string of the molecule is CCOc1cccc2c1N(C(C)=O)C(C)(C)c1ssc(=S)c1-2. The highest BCUT2D eigenvalue weighted by atomic mass is 32.9. The van der Waals surface area contributed by atoms with E-state index < -0.39 is 5.54 Å². The third-order valence-electron chi connectivity index (χ3n) is 3.85. The van der Waals surface area contributed by atoms with E-state index in [1.165, 1.54) is 0 Å². The Morgan fingerprint density at radius 1 is 1.36 bits per heavy atom. The van der Waals surface area contributed by atoms with Gasteiger partial charge in [-0.1, -0.05) is 45.0 Å². The Kier molecular flexibility index (Phi) is 3.87. The van der Waals surface area contributed by atoms with Gasteiger partial charge in [-0.05, 0) is 26.8 Å². The molecular weight excluding hydrogens is 334 g/mol. The number of benzene rings is 1. The van der Waals surface area contributed by atoms with Crippen molar-refractivity contribution in [1.82, 2.24) is 0 Å². The Hall–Kier alpha value is -1.24. The molecule has 0 aliphatic carbocycles. The molecule has 0 atom stereocenters. The van der Waals surface area contributed by atoms with Gasteiger partial charge in [-0.25, -0.2) is 0 Å². The van der Waals surface area contributed by atoms with Crippen LogP contribution < -0.4 is 9.64 Å². The molecule has 0 fully saturated rings. The molecule has 0 bridgehead atoms. The zero-order valence-electron chi connectivity index (χ0n) is 12.9. The second kappa shape index (κ2) is 5.44. The average Bonchev–Trinajstić information content (AvgIpc) is 2.83. The van der Waals surface area contributed by atoms with Crippen molar-refractivity contribution < 1.29 is 9.53 Å². The molecule has 3 nitrogen and oxygen atoms in total. The molecule has 1 amide bonds. The summed E-state index contributed by atoms with van der Waals surface area (Å²) < 4.78 is 6.67. The summed E-state index contributed by atoms with van der Waals surface area (Å²) in [5, 5.41) is 0. The molecule has 6 heteroatoms. The molecule has 1 aliphatic heterocycles. The van der Waals surface area contributed by atoms with E-state index >= 15 is 0 Å². The number of para-hydroxylation sites is 1. The topological polar surface area (TPSA) is 29.5 Å². The predicted molar refractivity (Wildman–Crippen MR) is 95.8 cm³/mol. The summed E-state index contributed by atoms with van der Waals surface area (Å²) in [5.74, 6) is 0.743. The molecular formula is C16H17NO2S3. The van der Waals surface area contributed by atoms with E-state index in [1.807, 2.05) is 30.0 Å².